The lowest BCUT2D eigenvalue weighted by molar-refractivity contribution is 0.418. The molecule has 14 heavy (non-hydrogen) atoms. The number of nitrogens with one attached hydrogen (secondary N) is 1. The molecule has 1 heterocycles. The van der Waals surface area contributed by atoms with Gasteiger partial charge in [-0.15, -0.1) is 11.3 Å². The zero-order valence-electron chi connectivity index (χ0n) is 8.75. The van der Waals surface area contributed by atoms with Crippen molar-refractivity contribution in [1.29, 1.82) is 0 Å². The van der Waals surface area contributed by atoms with Crippen molar-refractivity contribution >= 4 is 11.3 Å². The third kappa shape index (κ3) is 2.34. The standard InChI is InChI=1S/C11H18N2S/c1-2-6-12-7-10-8-13-11(14-10)9-4-3-5-9/h8-9,12H,2-7H2,1H3. The summed E-state index contributed by atoms with van der Waals surface area (Å²) in [6, 6.07) is 0. The first-order chi connectivity index (χ1) is 6.90. The second-order valence-corrected chi connectivity index (χ2v) is 5.12. The SMILES string of the molecule is CCCNCc1cnc(C2CCC2)s1. The zero-order chi connectivity index (χ0) is 9.80. The third-order valence-corrected chi connectivity index (χ3v) is 3.91. The van der Waals surface area contributed by atoms with Gasteiger partial charge in [-0.1, -0.05) is 13.3 Å². The highest BCUT2D eigenvalue weighted by molar-refractivity contribution is 7.11. The van der Waals surface area contributed by atoms with E-state index in [1.165, 1.54) is 35.6 Å². The number of nitrogens with zero attached hydrogens (tertiary/aromatic N) is 1. The van der Waals surface area contributed by atoms with Gasteiger partial charge in [0, 0.05) is 23.5 Å². The van der Waals surface area contributed by atoms with E-state index in [2.05, 4.69) is 17.2 Å². The fourth-order valence-electron chi connectivity index (χ4n) is 1.64. The quantitative estimate of drug-likeness (QED) is 0.756. The van der Waals surface area contributed by atoms with Crippen molar-refractivity contribution < 1.29 is 0 Å². The molecule has 0 bridgehead atoms. The van der Waals surface area contributed by atoms with Gasteiger partial charge in [0.2, 0.25) is 0 Å². The van der Waals surface area contributed by atoms with E-state index < -0.39 is 0 Å². The highest BCUT2D eigenvalue weighted by Crippen LogP contribution is 2.38. The van der Waals surface area contributed by atoms with E-state index in [1.807, 2.05) is 17.5 Å². The van der Waals surface area contributed by atoms with E-state index in [1.54, 1.807) is 0 Å². The Kier molecular flexibility index (Phi) is 3.54. The van der Waals surface area contributed by atoms with Crippen molar-refractivity contribution in [3.8, 4) is 0 Å². The molecule has 1 N–H and O–H groups in total. The topological polar surface area (TPSA) is 24.9 Å². The van der Waals surface area contributed by atoms with Crippen LogP contribution in [0.25, 0.3) is 0 Å². The number of hydrogen-bond acceptors (Lipinski definition) is 3. The minimum atomic E-state index is 0.792. The first-order valence-electron chi connectivity index (χ1n) is 5.55. The van der Waals surface area contributed by atoms with Crippen LogP contribution >= 0.6 is 11.3 Å². The van der Waals surface area contributed by atoms with Crippen molar-refractivity contribution in [2.75, 3.05) is 6.54 Å². The average Bonchev–Trinajstić information content (AvgIpc) is 2.51. The van der Waals surface area contributed by atoms with E-state index in [0.717, 1.165) is 19.0 Å². The van der Waals surface area contributed by atoms with Gasteiger partial charge in [0.15, 0.2) is 0 Å². The van der Waals surface area contributed by atoms with E-state index >= 15 is 0 Å². The summed E-state index contributed by atoms with van der Waals surface area (Å²) < 4.78 is 0. The molecular weight excluding hydrogens is 192 g/mol. The second-order valence-electron chi connectivity index (χ2n) is 3.97. The van der Waals surface area contributed by atoms with Gasteiger partial charge in [-0.3, -0.25) is 0 Å². The molecule has 0 radical (unpaired) electrons. The molecule has 1 aliphatic rings. The maximum atomic E-state index is 4.50. The number of rotatable bonds is 5. The summed E-state index contributed by atoms with van der Waals surface area (Å²) in [6.45, 7) is 4.30. The Hall–Kier alpha value is -0.410. The number of aromatic nitrogens is 1. The van der Waals surface area contributed by atoms with Gasteiger partial charge >= 0.3 is 0 Å². The molecule has 0 aliphatic heterocycles. The van der Waals surface area contributed by atoms with Crippen LogP contribution < -0.4 is 5.32 Å². The molecule has 1 aromatic rings. The predicted octanol–water partition coefficient (Wildman–Crippen LogP) is 2.91. The summed E-state index contributed by atoms with van der Waals surface area (Å²) in [5, 5.41) is 4.78. The Bertz CT molecular complexity index is 279. The molecule has 1 saturated carbocycles. The first kappa shape index (κ1) is 10.1. The fraction of sp³-hybridized carbons (Fsp3) is 0.727. The number of hydrogen-bond donors (Lipinski definition) is 1. The van der Waals surface area contributed by atoms with Gasteiger partial charge in [-0.2, -0.15) is 0 Å². The van der Waals surface area contributed by atoms with Crippen molar-refractivity contribution in [2.45, 2.75) is 45.1 Å². The molecule has 0 unspecified atom stereocenters. The highest BCUT2D eigenvalue weighted by Gasteiger charge is 2.22. The van der Waals surface area contributed by atoms with Gasteiger partial charge in [0.05, 0.1) is 5.01 Å². The lowest BCUT2D eigenvalue weighted by atomic mass is 9.86. The molecule has 2 nitrogen and oxygen atoms in total. The second kappa shape index (κ2) is 4.89. The van der Waals surface area contributed by atoms with Crippen molar-refractivity contribution in [3.05, 3.63) is 16.1 Å². The van der Waals surface area contributed by atoms with Crippen LogP contribution in [0.15, 0.2) is 6.20 Å². The molecule has 1 fully saturated rings. The van der Waals surface area contributed by atoms with E-state index in [9.17, 15) is 0 Å². The van der Waals surface area contributed by atoms with Gasteiger partial charge < -0.3 is 5.32 Å². The summed E-state index contributed by atoms with van der Waals surface area (Å²) in [6.07, 6.45) is 7.35. The molecule has 3 heteroatoms. The molecular formula is C11H18N2S. The third-order valence-electron chi connectivity index (χ3n) is 2.75. The molecule has 0 amide bonds. The van der Waals surface area contributed by atoms with E-state index in [-0.39, 0.29) is 0 Å². The summed E-state index contributed by atoms with van der Waals surface area (Å²) in [5.41, 5.74) is 0. The Labute approximate surface area is 89.8 Å². The van der Waals surface area contributed by atoms with E-state index in [4.69, 9.17) is 0 Å². The Morgan fingerprint density at radius 2 is 2.43 bits per heavy atom. The minimum Gasteiger partial charge on any atom is -0.312 e. The van der Waals surface area contributed by atoms with Crippen LogP contribution in [0.2, 0.25) is 0 Å². The van der Waals surface area contributed by atoms with Crippen molar-refractivity contribution in [1.82, 2.24) is 10.3 Å². The smallest absolute Gasteiger partial charge is 0.0959 e. The maximum Gasteiger partial charge on any atom is 0.0959 e. The Balaban J connectivity index is 1.83. The number of thiazole rings is 1. The molecule has 0 saturated heterocycles. The van der Waals surface area contributed by atoms with Crippen LogP contribution in [-0.4, -0.2) is 11.5 Å². The largest absolute Gasteiger partial charge is 0.312 e. The molecule has 1 aromatic heterocycles. The first-order valence-corrected chi connectivity index (χ1v) is 6.37. The normalized spacial score (nSPS) is 16.9. The Morgan fingerprint density at radius 1 is 1.57 bits per heavy atom. The minimum absolute atomic E-state index is 0.792. The van der Waals surface area contributed by atoms with Crippen LogP contribution in [0.4, 0.5) is 0 Å². The van der Waals surface area contributed by atoms with Gasteiger partial charge in [-0.25, -0.2) is 4.98 Å². The maximum absolute atomic E-state index is 4.50. The molecule has 0 aromatic carbocycles. The predicted molar refractivity (Wildman–Crippen MR) is 60.7 cm³/mol. The summed E-state index contributed by atoms with van der Waals surface area (Å²) >= 11 is 1.89. The highest BCUT2D eigenvalue weighted by atomic mass is 32.1. The van der Waals surface area contributed by atoms with Crippen LogP contribution in [0, 0.1) is 0 Å². The van der Waals surface area contributed by atoms with Gasteiger partial charge in [0.25, 0.3) is 0 Å². The van der Waals surface area contributed by atoms with Crippen LogP contribution in [0.3, 0.4) is 0 Å². The van der Waals surface area contributed by atoms with Crippen molar-refractivity contribution in [2.24, 2.45) is 0 Å². The van der Waals surface area contributed by atoms with Gasteiger partial charge in [-0.05, 0) is 25.8 Å². The fourth-order valence-corrected chi connectivity index (χ4v) is 2.69. The molecule has 2 rings (SSSR count). The summed E-state index contributed by atoms with van der Waals surface area (Å²) in [5.74, 6) is 0.792. The van der Waals surface area contributed by atoms with Crippen LogP contribution in [-0.2, 0) is 6.54 Å². The van der Waals surface area contributed by atoms with Crippen LogP contribution in [0.1, 0.15) is 48.4 Å². The lowest BCUT2D eigenvalue weighted by Crippen LogP contribution is -2.12. The summed E-state index contributed by atoms with van der Waals surface area (Å²) in [4.78, 5) is 5.88. The van der Waals surface area contributed by atoms with Crippen molar-refractivity contribution in [3.63, 3.8) is 0 Å². The van der Waals surface area contributed by atoms with Gasteiger partial charge in [0.1, 0.15) is 0 Å². The van der Waals surface area contributed by atoms with Crippen LogP contribution in [0.5, 0.6) is 0 Å². The molecule has 1 aliphatic carbocycles. The average molecular weight is 210 g/mol. The zero-order valence-corrected chi connectivity index (χ0v) is 9.57. The van der Waals surface area contributed by atoms with E-state index in [0.29, 0.717) is 0 Å². The summed E-state index contributed by atoms with van der Waals surface area (Å²) in [7, 11) is 0. The molecule has 0 spiro atoms. The Morgan fingerprint density at radius 3 is 3.07 bits per heavy atom. The lowest BCUT2D eigenvalue weighted by Gasteiger charge is -2.22. The monoisotopic (exact) mass is 210 g/mol. The molecule has 78 valence electrons. The molecule has 0 atom stereocenters.